The minimum Gasteiger partial charge on any atom is -0.386 e. The van der Waals surface area contributed by atoms with Gasteiger partial charge in [0.05, 0.1) is 24.9 Å². The lowest BCUT2D eigenvalue weighted by Crippen LogP contribution is -2.51. The summed E-state index contributed by atoms with van der Waals surface area (Å²) in [7, 11) is 0. The summed E-state index contributed by atoms with van der Waals surface area (Å²) in [5, 5.41) is 13.8. The molecule has 2 amide bonds. The van der Waals surface area contributed by atoms with E-state index in [-0.39, 0.29) is 30.4 Å². The normalized spacial score (nSPS) is 18.2. The summed E-state index contributed by atoms with van der Waals surface area (Å²) in [5.41, 5.74) is 1.98. The standard InChI is InChI=1S/C23H29N3O4/c1-23(2,3)12-20(27)25-17-9-7-16(8-10-17)22(29)19-14-30-15-21(28)26(19)13-18-6-4-5-11-24-18/h4-11,19,22,29H,12-15H2,1-3H3,(H,25,27). The zero-order valence-electron chi connectivity index (χ0n) is 17.7. The number of morpholine rings is 1. The van der Waals surface area contributed by atoms with Gasteiger partial charge in [0.25, 0.3) is 0 Å². The molecule has 3 rings (SSSR count). The van der Waals surface area contributed by atoms with Crippen molar-refractivity contribution in [3.05, 3.63) is 59.9 Å². The molecule has 0 saturated carbocycles. The fourth-order valence-corrected chi connectivity index (χ4v) is 3.43. The van der Waals surface area contributed by atoms with Crippen LogP contribution in [0, 0.1) is 5.41 Å². The highest BCUT2D eigenvalue weighted by Gasteiger charge is 2.34. The van der Waals surface area contributed by atoms with Crippen LogP contribution in [-0.2, 0) is 20.9 Å². The molecule has 30 heavy (non-hydrogen) atoms. The minimum absolute atomic E-state index is 0.00516. The molecule has 2 N–H and O–H groups in total. The van der Waals surface area contributed by atoms with Crippen molar-refractivity contribution in [1.29, 1.82) is 0 Å². The van der Waals surface area contributed by atoms with E-state index in [0.29, 0.717) is 24.2 Å². The lowest BCUT2D eigenvalue weighted by molar-refractivity contribution is -0.155. The first kappa shape index (κ1) is 21.9. The number of hydrogen-bond donors (Lipinski definition) is 2. The number of aliphatic hydroxyl groups excluding tert-OH is 1. The molecular weight excluding hydrogens is 382 g/mol. The van der Waals surface area contributed by atoms with Crippen LogP contribution in [0.1, 0.15) is 44.6 Å². The van der Waals surface area contributed by atoms with Gasteiger partial charge in [0, 0.05) is 18.3 Å². The van der Waals surface area contributed by atoms with Gasteiger partial charge < -0.3 is 20.1 Å². The van der Waals surface area contributed by atoms with Gasteiger partial charge in [-0.3, -0.25) is 14.6 Å². The first-order valence-electron chi connectivity index (χ1n) is 10.1. The summed E-state index contributed by atoms with van der Waals surface area (Å²) in [6, 6.07) is 12.0. The Morgan fingerprint density at radius 1 is 1.27 bits per heavy atom. The Labute approximate surface area is 177 Å². The van der Waals surface area contributed by atoms with Gasteiger partial charge in [-0.2, -0.15) is 0 Å². The molecule has 0 bridgehead atoms. The number of carbonyl (C=O) groups excluding carboxylic acids is 2. The Balaban J connectivity index is 1.69. The van der Waals surface area contributed by atoms with Gasteiger partial charge in [0.1, 0.15) is 12.7 Å². The highest BCUT2D eigenvalue weighted by molar-refractivity contribution is 5.91. The van der Waals surface area contributed by atoms with Crippen LogP contribution in [0.2, 0.25) is 0 Å². The maximum absolute atomic E-state index is 12.4. The van der Waals surface area contributed by atoms with E-state index in [0.717, 1.165) is 5.69 Å². The highest BCUT2D eigenvalue weighted by Crippen LogP contribution is 2.27. The molecule has 1 aliphatic rings. The van der Waals surface area contributed by atoms with Crippen molar-refractivity contribution in [2.75, 3.05) is 18.5 Å². The molecule has 2 unspecified atom stereocenters. The Bertz CT molecular complexity index is 862. The predicted octanol–water partition coefficient (Wildman–Crippen LogP) is 2.92. The number of nitrogens with one attached hydrogen (secondary N) is 1. The van der Waals surface area contributed by atoms with Crippen LogP contribution >= 0.6 is 0 Å². The summed E-state index contributed by atoms with van der Waals surface area (Å²) in [6.45, 7) is 6.58. The molecule has 1 aliphatic heterocycles. The quantitative estimate of drug-likeness (QED) is 0.763. The maximum Gasteiger partial charge on any atom is 0.249 e. The summed E-state index contributed by atoms with van der Waals surface area (Å²) < 4.78 is 5.40. The number of aromatic nitrogens is 1. The Kier molecular flexibility index (Phi) is 6.84. The van der Waals surface area contributed by atoms with Gasteiger partial charge in [-0.1, -0.05) is 39.0 Å². The number of aliphatic hydroxyl groups is 1. The van der Waals surface area contributed by atoms with Crippen LogP contribution in [-0.4, -0.2) is 46.1 Å². The number of amides is 2. The molecule has 2 heterocycles. The zero-order chi connectivity index (χ0) is 21.7. The highest BCUT2D eigenvalue weighted by atomic mass is 16.5. The van der Waals surface area contributed by atoms with E-state index >= 15 is 0 Å². The monoisotopic (exact) mass is 411 g/mol. The maximum atomic E-state index is 12.4. The topological polar surface area (TPSA) is 91.8 Å². The van der Waals surface area contributed by atoms with Crippen molar-refractivity contribution in [3.8, 4) is 0 Å². The third-order valence-corrected chi connectivity index (χ3v) is 4.88. The first-order valence-corrected chi connectivity index (χ1v) is 10.1. The van der Waals surface area contributed by atoms with Crippen molar-refractivity contribution in [3.63, 3.8) is 0 Å². The van der Waals surface area contributed by atoms with E-state index in [4.69, 9.17) is 4.74 Å². The molecule has 160 valence electrons. The number of rotatable bonds is 6. The smallest absolute Gasteiger partial charge is 0.249 e. The van der Waals surface area contributed by atoms with Gasteiger partial charge in [-0.15, -0.1) is 0 Å². The lowest BCUT2D eigenvalue weighted by atomic mass is 9.92. The number of nitrogens with zero attached hydrogens (tertiary/aromatic N) is 2. The van der Waals surface area contributed by atoms with Crippen LogP contribution in [0.15, 0.2) is 48.7 Å². The molecule has 0 spiro atoms. The summed E-state index contributed by atoms with van der Waals surface area (Å²) in [6.07, 6.45) is 1.18. The molecule has 1 aromatic carbocycles. The molecule has 1 aromatic heterocycles. The van der Waals surface area contributed by atoms with E-state index in [1.807, 2.05) is 39.0 Å². The number of pyridine rings is 1. The fourth-order valence-electron chi connectivity index (χ4n) is 3.43. The van der Waals surface area contributed by atoms with E-state index in [9.17, 15) is 14.7 Å². The van der Waals surface area contributed by atoms with E-state index in [1.165, 1.54) is 0 Å². The van der Waals surface area contributed by atoms with Gasteiger partial charge >= 0.3 is 0 Å². The van der Waals surface area contributed by atoms with E-state index in [1.54, 1.807) is 35.4 Å². The molecular formula is C23H29N3O4. The SMILES string of the molecule is CC(C)(C)CC(=O)Nc1ccc(C(O)C2COCC(=O)N2Cc2ccccn2)cc1. The van der Waals surface area contributed by atoms with Crippen molar-refractivity contribution in [1.82, 2.24) is 9.88 Å². The first-order chi connectivity index (χ1) is 14.2. The number of ether oxygens (including phenoxy) is 1. The molecule has 7 heteroatoms. The Morgan fingerprint density at radius 2 is 2.00 bits per heavy atom. The second-order valence-corrected chi connectivity index (χ2v) is 8.78. The van der Waals surface area contributed by atoms with Gasteiger partial charge in [0.15, 0.2) is 0 Å². The Morgan fingerprint density at radius 3 is 2.63 bits per heavy atom. The van der Waals surface area contributed by atoms with Gasteiger partial charge in [-0.05, 0) is 35.2 Å². The summed E-state index contributed by atoms with van der Waals surface area (Å²) in [4.78, 5) is 30.5. The lowest BCUT2D eigenvalue weighted by Gasteiger charge is -2.38. The zero-order valence-corrected chi connectivity index (χ0v) is 17.7. The second-order valence-electron chi connectivity index (χ2n) is 8.78. The van der Waals surface area contributed by atoms with Crippen molar-refractivity contribution >= 4 is 17.5 Å². The molecule has 2 atom stereocenters. The van der Waals surface area contributed by atoms with Crippen LogP contribution in [0.4, 0.5) is 5.69 Å². The average molecular weight is 412 g/mol. The predicted molar refractivity (Wildman–Crippen MR) is 113 cm³/mol. The molecule has 2 aromatic rings. The van der Waals surface area contributed by atoms with Crippen molar-refractivity contribution in [2.24, 2.45) is 5.41 Å². The fraction of sp³-hybridized carbons (Fsp3) is 0.435. The van der Waals surface area contributed by atoms with E-state index < -0.39 is 12.1 Å². The minimum atomic E-state index is -0.919. The van der Waals surface area contributed by atoms with E-state index in [2.05, 4.69) is 10.3 Å². The molecule has 1 saturated heterocycles. The molecule has 0 aliphatic carbocycles. The Hall–Kier alpha value is -2.77. The second kappa shape index (κ2) is 9.36. The van der Waals surface area contributed by atoms with Crippen LogP contribution < -0.4 is 5.32 Å². The van der Waals surface area contributed by atoms with Crippen molar-refractivity contribution < 1.29 is 19.4 Å². The molecule has 7 nitrogen and oxygen atoms in total. The van der Waals surface area contributed by atoms with Gasteiger partial charge in [0.2, 0.25) is 11.8 Å². The summed E-state index contributed by atoms with van der Waals surface area (Å²) in [5.74, 6) is -0.231. The number of benzene rings is 1. The number of carbonyl (C=O) groups is 2. The largest absolute Gasteiger partial charge is 0.386 e. The number of hydrogen-bond acceptors (Lipinski definition) is 5. The van der Waals surface area contributed by atoms with Crippen LogP contribution in [0.5, 0.6) is 0 Å². The van der Waals surface area contributed by atoms with Gasteiger partial charge in [-0.25, -0.2) is 0 Å². The van der Waals surface area contributed by atoms with Crippen molar-refractivity contribution in [2.45, 2.75) is 45.9 Å². The van der Waals surface area contributed by atoms with Crippen LogP contribution in [0.3, 0.4) is 0 Å². The molecule has 0 radical (unpaired) electrons. The number of anilines is 1. The van der Waals surface area contributed by atoms with Crippen LogP contribution in [0.25, 0.3) is 0 Å². The third-order valence-electron chi connectivity index (χ3n) is 4.88. The molecule has 1 fully saturated rings. The summed E-state index contributed by atoms with van der Waals surface area (Å²) >= 11 is 0. The average Bonchev–Trinajstić information content (AvgIpc) is 2.69. The third kappa shape index (κ3) is 5.87.